The molecule has 6 heteroatoms. The Labute approximate surface area is 163 Å². The van der Waals surface area contributed by atoms with Crippen LogP contribution in [-0.2, 0) is 15.9 Å². The van der Waals surface area contributed by atoms with Crippen LogP contribution in [0.25, 0.3) is 0 Å². The molecule has 134 valence electrons. The predicted molar refractivity (Wildman–Crippen MR) is 105 cm³/mol. The number of morpholine rings is 1. The highest BCUT2D eigenvalue weighted by atomic mass is 127. The first kappa shape index (κ1) is 19.8. The van der Waals surface area contributed by atoms with Crippen molar-refractivity contribution >= 4 is 40.3 Å². The molecule has 1 saturated heterocycles. The molecule has 0 aliphatic carbocycles. The number of ether oxygens (including phenoxy) is 2. The van der Waals surface area contributed by atoms with Gasteiger partial charge >= 0.3 is 6.09 Å². The van der Waals surface area contributed by atoms with E-state index in [0.29, 0.717) is 13.1 Å². The maximum atomic E-state index is 12.4. The highest BCUT2D eigenvalue weighted by molar-refractivity contribution is 14.1. The highest BCUT2D eigenvalue weighted by Crippen LogP contribution is 2.26. The molecule has 1 aliphatic rings. The highest BCUT2D eigenvalue weighted by Gasteiger charge is 2.31. The maximum Gasteiger partial charge on any atom is 0.410 e. The van der Waals surface area contributed by atoms with E-state index in [1.54, 1.807) is 4.90 Å². The van der Waals surface area contributed by atoms with Crippen LogP contribution < -0.4 is 0 Å². The van der Waals surface area contributed by atoms with E-state index in [0.717, 1.165) is 20.6 Å². The van der Waals surface area contributed by atoms with Gasteiger partial charge in [0, 0.05) is 15.0 Å². The van der Waals surface area contributed by atoms with Crippen LogP contribution in [0.4, 0.5) is 4.79 Å². The van der Waals surface area contributed by atoms with E-state index in [4.69, 9.17) is 21.1 Å². The molecule has 1 aromatic rings. The molecule has 0 radical (unpaired) electrons. The molecule has 24 heavy (non-hydrogen) atoms. The summed E-state index contributed by atoms with van der Waals surface area (Å²) in [4.78, 5) is 14.1. The van der Waals surface area contributed by atoms with Crippen molar-refractivity contribution in [2.75, 3.05) is 13.1 Å². The summed E-state index contributed by atoms with van der Waals surface area (Å²) in [5.41, 5.74) is 1.89. The first-order valence-corrected chi connectivity index (χ1v) is 9.58. The Kier molecular flexibility index (Phi) is 6.42. The van der Waals surface area contributed by atoms with Gasteiger partial charge in [0.1, 0.15) is 5.60 Å². The zero-order chi connectivity index (χ0) is 18.1. The lowest BCUT2D eigenvalue weighted by Gasteiger charge is -2.37. The third-order valence-electron chi connectivity index (χ3n) is 3.79. The molecule has 0 bridgehead atoms. The van der Waals surface area contributed by atoms with Crippen molar-refractivity contribution in [3.63, 3.8) is 0 Å². The molecule has 1 heterocycles. The molecule has 1 aromatic carbocycles. The van der Waals surface area contributed by atoms with Gasteiger partial charge in [0.25, 0.3) is 0 Å². The zero-order valence-corrected chi connectivity index (χ0v) is 17.8. The van der Waals surface area contributed by atoms with Gasteiger partial charge in [0.05, 0.1) is 25.3 Å². The molecule has 0 N–H and O–H groups in total. The number of amides is 1. The van der Waals surface area contributed by atoms with Crippen LogP contribution in [0.2, 0.25) is 5.02 Å². The summed E-state index contributed by atoms with van der Waals surface area (Å²) < 4.78 is 12.7. The number of hydrogen-bond donors (Lipinski definition) is 0. The van der Waals surface area contributed by atoms with Gasteiger partial charge < -0.3 is 14.4 Å². The van der Waals surface area contributed by atoms with E-state index in [1.165, 1.54) is 5.56 Å². The lowest BCUT2D eigenvalue weighted by atomic mass is 10.0. The summed E-state index contributed by atoms with van der Waals surface area (Å²) in [5.74, 6) is 0. The lowest BCUT2D eigenvalue weighted by Crippen LogP contribution is -2.51. The number of carbonyl (C=O) groups excluding carboxylic acids is 1. The SMILES string of the molecule is Cc1cc(Cl)cc(I)c1CC1CN(C(=O)OC(C)(C)C)C[C@H](C)O1. The summed E-state index contributed by atoms with van der Waals surface area (Å²) in [5, 5.41) is 0.744. The summed E-state index contributed by atoms with van der Waals surface area (Å²) in [6.07, 6.45) is 0.423. The smallest absolute Gasteiger partial charge is 0.410 e. The molecule has 2 rings (SSSR count). The Morgan fingerprint density at radius 3 is 2.67 bits per heavy atom. The number of nitrogens with zero attached hydrogens (tertiary/aromatic N) is 1. The molecule has 1 aliphatic heterocycles. The molecule has 0 aromatic heterocycles. The Bertz CT molecular complexity index is 592. The monoisotopic (exact) mass is 465 g/mol. The van der Waals surface area contributed by atoms with E-state index in [9.17, 15) is 4.79 Å². The van der Waals surface area contributed by atoms with Gasteiger partial charge in [-0.25, -0.2) is 4.79 Å². The summed E-state index contributed by atoms with van der Waals surface area (Å²) in [6.45, 7) is 10.8. The van der Waals surface area contributed by atoms with Gasteiger partial charge in [-0.3, -0.25) is 0 Å². The van der Waals surface area contributed by atoms with E-state index in [2.05, 4.69) is 29.5 Å². The predicted octanol–water partition coefficient (Wildman–Crippen LogP) is 4.82. The second-order valence-electron chi connectivity index (χ2n) is 7.34. The second-order valence-corrected chi connectivity index (χ2v) is 8.94. The average Bonchev–Trinajstić information content (AvgIpc) is 2.40. The van der Waals surface area contributed by atoms with E-state index in [1.807, 2.05) is 39.8 Å². The number of rotatable bonds is 2. The standard InChI is InChI=1S/C18H25ClINO3/c1-11-6-13(19)7-16(20)15(11)8-14-10-21(9-12(2)23-14)17(22)24-18(3,4)5/h6-7,12,14H,8-10H2,1-5H3/t12-,14?/m0/s1. The van der Waals surface area contributed by atoms with Crippen molar-refractivity contribution < 1.29 is 14.3 Å². The fourth-order valence-corrected chi connectivity index (χ4v) is 4.29. The number of benzene rings is 1. The van der Waals surface area contributed by atoms with Crippen molar-refractivity contribution in [2.24, 2.45) is 0 Å². The number of aryl methyl sites for hydroxylation is 1. The normalized spacial score (nSPS) is 21.7. The molecule has 1 amide bonds. The quantitative estimate of drug-likeness (QED) is 0.588. The van der Waals surface area contributed by atoms with Crippen LogP contribution in [0.5, 0.6) is 0 Å². The van der Waals surface area contributed by atoms with Crippen LogP contribution in [0.3, 0.4) is 0 Å². The van der Waals surface area contributed by atoms with Gasteiger partial charge in [0.2, 0.25) is 0 Å². The average molecular weight is 466 g/mol. The fraction of sp³-hybridized carbons (Fsp3) is 0.611. The van der Waals surface area contributed by atoms with Crippen LogP contribution in [0.15, 0.2) is 12.1 Å². The Balaban J connectivity index is 2.10. The number of hydrogen-bond acceptors (Lipinski definition) is 3. The topological polar surface area (TPSA) is 38.8 Å². The number of halogens is 2. The maximum absolute atomic E-state index is 12.4. The minimum atomic E-state index is -0.490. The van der Waals surface area contributed by atoms with Crippen LogP contribution >= 0.6 is 34.2 Å². The molecule has 1 unspecified atom stereocenters. The van der Waals surface area contributed by atoms with E-state index in [-0.39, 0.29) is 18.3 Å². The number of carbonyl (C=O) groups is 1. The van der Waals surface area contributed by atoms with Crippen LogP contribution in [0.1, 0.15) is 38.8 Å². The van der Waals surface area contributed by atoms with Gasteiger partial charge in [0.15, 0.2) is 0 Å². The van der Waals surface area contributed by atoms with Crippen molar-refractivity contribution in [3.8, 4) is 0 Å². The molecule has 0 saturated carbocycles. The van der Waals surface area contributed by atoms with Gasteiger partial charge in [-0.15, -0.1) is 0 Å². The minimum absolute atomic E-state index is 0.0125. The second kappa shape index (κ2) is 7.79. The Morgan fingerprint density at radius 1 is 1.42 bits per heavy atom. The van der Waals surface area contributed by atoms with Gasteiger partial charge in [-0.05, 0) is 80.5 Å². The van der Waals surface area contributed by atoms with Crippen LogP contribution in [-0.4, -0.2) is 41.9 Å². The zero-order valence-electron chi connectivity index (χ0n) is 14.9. The third-order valence-corrected chi connectivity index (χ3v) is 4.97. The van der Waals surface area contributed by atoms with Gasteiger partial charge in [-0.1, -0.05) is 11.6 Å². The van der Waals surface area contributed by atoms with Crippen molar-refractivity contribution in [2.45, 2.75) is 58.8 Å². The first-order chi connectivity index (χ1) is 11.0. The van der Waals surface area contributed by atoms with E-state index >= 15 is 0 Å². The van der Waals surface area contributed by atoms with Crippen LogP contribution in [0, 0.1) is 10.5 Å². The molecule has 0 spiro atoms. The Morgan fingerprint density at radius 2 is 2.08 bits per heavy atom. The van der Waals surface area contributed by atoms with Gasteiger partial charge in [-0.2, -0.15) is 0 Å². The fourth-order valence-electron chi connectivity index (χ4n) is 2.85. The molecule has 4 nitrogen and oxygen atoms in total. The van der Waals surface area contributed by atoms with Crippen molar-refractivity contribution in [3.05, 3.63) is 31.9 Å². The molecular weight excluding hydrogens is 441 g/mol. The first-order valence-electron chi connectivity index (χ1n) is 8.13. The molecule has 2 atom stereocenters. The molecular formula is C18H25ClINO3. The van der Waals surface area contributed by atoms with Crippen molar-refractivity contribution in [1.82, 2.24) is 4.90 Å². The molecule has 1 fully saturated rings. The summed E-state index contributed by atoms with van der Waals surface area (Å²) >= 11 is 8.41. The Hall–Kier alpha value is -0.530. The summed E-state index contributed by atoms with van der Waals surface area (Å²) in [7, 11) is 0. The minimum Gasteiger partial charge on any atom is -0.444 e. The largest absolute Gasteiger partial charge is 0.444 e. The van der Waals surface area contributed by atoms with Crippen molar-refractivity contribution in [1.29, 1.82) is 0 Å². The summed E-state index contributed by atoms with van der Waals surface area (Å²) in [6, 6.07) is 3.93. The van der Waals surface area contributed by atoms with E-state index < -0.39 is 5.60 Å². The lowest BCUT2D eigenvalue weighted by molar-refractivity contribution is -0.0792. The third kappa shape index (κ3) is 5.49.